The summed E-state index contributed by atoms with van der Waals surface area (Å²) in [4.78, 5) is 19.5. The molecule has 18 rings (SSSR count). The maximum Gasteiger partial charge on any atom is 0.188 e. The SMILES string of the molecule is [C-]#[N+]c1ccc2c(c1)c1ccccc1n2-c1cnc2c(c1)C1(c3ccc(-n4c5ccc(C#N)cc5c5cc(C#N)ccc54)cc3Oc3cc(-n4c5ccccc5c5ccncc54)ccc31)c1cc(-n3c4ccccc4c4ccccc43)cnc1-2. The van der Waals surface area contributed by atoms with Crippen LogP contribution in [0.1, 0.15) is 33.4 Å². The second-order valence-corrected chi connectivity index (χ2v) is 21.7. The van der Waals surface area contributed by atoms with Gasteiger partial charge in [-0.2, -0.15) is 10.5 Å². The Labute approximate surface area is 478 Å². The fourth-order valence-corrected chi connectivity index (χ4v) is 14.2. The summed E-state index contributed by atoms with van der Waals surface area (Å²) >= 11 is 0. The van der Waals surface area contributed by atoms with E-state index in [1.807, 2.05) is 85.5 Å². The van der Waals surface area contributed by atoms with Crippen molar-refractivity contribution in [2.45, 2.75) is 5.41 Å². The van der Waals surface area contributed by atoms with E-state index in [0.717, 1.165) is 144 Å². The Balaban J connectivity index is 0.967. The lowest BCUT2D eigenvalue weighted by Crippen LogP contribution is -2.32. The number of hydrogen-bond acceptors (Lipinski definition) is 6. The first-order valence-electron chi connectivity index (χ1n) is 27.6. The van der Waals surface area contributed by atoms with Crippen molar-refractivity contribution in [2.24, 2.45) is 0 Å². The minimum atomic E-state index is -1.10. The van der Waals surface area contributed by atoms with Crippen LogP contribution in [-0.4, -0.2) is 33.2 Å². The van der Waals surface area contributed by atoms with E-state index in [1.54, 1.807) is 0 Å². The van der Waals surface area contributed by atoms with Gasteiger partial charge < -0.3 is 23.0 Å². The van der Waals surface area contributed by atoms with E-state index >= 15 is 0 Å². The van der Waals surface area contributed by atoms with Gasteiger partial charge in [0.15, 0.2) is 5.69 Å². The van der Waals surface area contributed by atoms with E-state index in [2.05, 4.69) is 186 Å². The topological polar surface area (TPSA) is 120 Å². The van der Waals surface area contributed by atoms with Crippen molar-refractivity contribution >= 4 is 92.9 Å². The lowest BCUT2D eigenvalue weighted by molar-refractivity contribution is 0.436. The predicted octanol–water partition coefficient (Wildman–Crippen LogP) is 17.0. The third kappa shape index (κ3) is 5.96. The van der Waals surface area contributed by atoms with Crippen LogP contribution in [0.25, 0.3) is 126 Å². The fourth-order valence-electron chi connectivity index (χ4n) is 14.2. The number of nitriles is 2. The monoisotopic (exact) mass is 1070 g/mol. The summed E-state index contributed by atoms with van der Waals surface area (Å²) in [5, 5.41) is 28.5. The van der Waals surface area contributed by atoms with E-state index in [9.17, 15) is 10.5 Å². The van der Waals surface area contributed by atoms with Crippen molar-refractivity contribution in [1.82, 2.24) is 33.2 Å². The molecule has 9 aromatic carbocycles. The summed E-state index contributed by atoms with van der Waals surface area (Å²) in [5.74, 6) is 1.29. The molecule has 0 fully saturated rings. The molecule has 0 saturated heterocycles. The van der Waals surface area contributed by atoms with Crippen molar-refractivity contribution in [2.75, 3.05) is 0 Å². The van der Waals surface area contributed by atoms with E-state index in [4.69, 9.17) is 21.3 Å². The zero-order valence-corrected chi connectivity index (χ0v) is 44.3. The lowest BCUT2D eigenvalue weighted by Gasteiger charge is -2.39. The van der Waals surface area contributed by atoms with E-state index in [0.29, 0.717) is 28.3 Å². The standard InChI is InChI=1S/C73H38N10O/c1-76-44-20-27-67-56(32-44)52-13-5-9-17-64(52)83(67)48-34-60-72(79-40-48)71-59(33-47(39-78-71)82-62-15-7-2-10-49(62)50-11-3-8-16-63(50)82)73(60)57-23-21-45(80-65-25-18-42(37-74)30-54(65)55-31-43(38-75)19-26-66(55)80)35-69(57)84-70-36-46(22-24-58(70)73)81-61-14-6-4-12-51(61)53-28-29-77-41-68(53)81/h2-36,39-41H. The molecule has 0 radical (unpaired) electrons. The minimum Gasteiger partial charge on any atom is -0.457 e. The highest BCUT2D eigenvalue weighted by molar-refractivity contribution is 6.13. The van der Waals surface area contributed by atoms with Crippen LogP contribution < -0.4 is 4.74 Å². The molecule has 1 atom stereocenters. The first kappa shape index (κ1) is 45.7. The largest absolute Gasteiger partial charge is 0.457 e. The summed E-state index contributed by atoms with van der Waals surface area (Å²) in [6.07, 6.45) is 7.72. The number of fused-ring (bicyclic) bond motifs is 21. The molecule has 386 valence electrons. The maximum absolute atomic E-state index is 10.1. The van der Waals surface area contributed by atoms with Crippen molar-refractivity contribution in [3.8, 4) is 57.8 Å². The van der Waals surface area contributed by atoms with Gasteiger partial charge in [-0.3, -0.25) is 15.0 Å². The summed E-state index contributed by atoms with van der Waals surface area (Å²) < 4.78 is 16.6. The van der Waals surface area contributed by atoms with Crippen LogP contribution >= 0.6 is 0 Å². The number of para-hydroxylation sites is 4. The van der Waals surface area contributed by atoms with Gasteiger partial charge in [-0.05, 0) is 109 Å². The lowest BCUT2D eigenvalue weighted by atomic mass is 9.66. The molecule has 11 nitrogen and oxygen atoms in total. The third-order valence-electron chi connectivity index (χ3n) is 17.6. The smallest absolute Gasteiger partial charge is 0.188 e. The summed E-state index contributed by atoms with van der Waals surface area (Å²) in [5.41, 5.74) is 17.1. The van der Waals surface area contributed by atoms with Gasteiger partial charge in [0.05, 0.1) is 121 Å². The Morgan fingerprint density at radius 1 is 0.381 bits per heavy atom. The van der Waals surface area contributed by atoms with Crippen LogP contribution in [0.5, 0.6) is 11.5 Å². The quantitative estimate of drug-likeness (QED) is 0.162. The molecule has 1 aliphatic heterocycles. The number of ether oxygens (including phenoxy) is 1. The summed E-state index contributed by atoms with van der Waals surface area (Å²) in [7, 11) is 0. The molecule has 2 aliphatic rings. The number of hydrogen-bond donors (Lipinski definition) is 0. The zero-order chi connectivity index (χ0) is 55.5. The van der Waals surface area contributed by atoms with Crippen molar-refractivity contribution in [1.29, 1.82) is 10.5 Å². The fraction of sp³-hybridized carbons (Fsp3) is 0.0137. The van der Waals surface area contributed by atoms with E-state index in [1.165, 1.54) is 0 Å². The van der Waals surface area contributed by atoms with Crippen molar-refractivity contribution < 1.29 is 4.74 Å². The van der Waals surface area contributed by atoms with Gasteiger partial charge in [0.25, 0.3) is 0 Å². The highest BCUT2D eigenvalue weighted by Gasteiger charge is 2.53. The summed E-state index contributed by atoms with van der Waals surface area (Å²) in [6, 6.07) is 75.7. The van der Waals surface area contributed by atoms with Gasteiger partial charge in [-0.15, -0.1) is 0 Å². The van der Waals surface area contributed by atoms with Gasteiger partial charge in [0.1, 0.15) is 11.5 Å². The molecular formula is C73H38N10O. The number of rotatable bonds is 4. The molecule has 1 unspecified atom stereocenters. The molecule has 1 spiro atoms. The predicted molar refractivity (Wildman–Crippen MR) is 330 cm³/mol. The molecule has 1 aliphatic carbocycles. The van der Waals surface area contributed by atoms with E-state index in [-0.39, 0.29) is 0 Å². The normalized spacial score (nSPS) is 14.1. The van der Waals surface area contributed by atoms with E-state index < -0.39 is 5.41 Å². The van der Waals surface area contributed by atoms with Crippen LogP contribution in [0.15, 0.2) is 231 Å². The summed E-state index contributed by atoms with van der Waals surface area (Å²) in [6.45, 7) is 7.96. The van der Waals surface area contributed by atoms with Gasteiger partial charge in [0.2, 0.25) is 0 Å². The van der Waals surface area contributed by atoms with Gasteiger partial charge >= 0.3 is 0 Å². The molecule has 0 bridgehead atoms. The second kappa shape index (κ2) is 16.7. The van der Waals surface area contributed by atoms with Crippen LogP contribution in [0.3, 0.4) is 0 Å². The first-order chi connectivity index (χ1) is 41.5. The Hall–Kier alpha value is -12.1. The second-order valence-electron chi connectivity index (χ2n) is 21.7. The molecule has 11 heteroatoms. The molecule has 0 N–H and O–H groups in total. The average molecular weight is 1070 g/mol. The molecule has 8 heterocycles. The van der Waals surface area contributed by atoms with Crippen LogP contribution in [0.4, 0.5) is 5.69 Å². The van der Waals surface area contributed by atoms with Crippen LogP contribution in [0, 0.1) is 29.2 Å². The Bertz CT molecular complexity index is 5620. The molecule has 16 aromatic rings. The molecule has 7 aromatic heterocycles. The Morgan fingerprint density at radius 2 is 0.798 bits per heavy atom. The average Bonchev–Trinajstić information content (AvgIpc) is 1.48. The number of benzene rings is 9. The highest BCUT2D eigenvalue weighted by Crippen LogP contribution is 2.63. The molecular weight excluding hydrogens is 1030 g/mol. The van der Waals surface area contributed by atoms with Crippen LogP contribution in [0.2, 0.25) is 0 Å². The Kier molecular flexibility index (Phi) is 9.11. The van der Waals surface area contributed by atoms with Crippen molar-refractivity contribution in [3.05, 3.63) is 276 Å². The highest BCUT2D eigenvalue weighted by atomic mass is 16.5. The van der Waals surface area contributed by atoms with Crippen LogP contribution in [-0.2, 0) is 5.41 Å². The zero-order valence-electron chi connectivity index (χ0n) is 44.3. The number of nitrogens with zero attached hydrogens (tertiary/aromatic N) is 10. The first-order valence-corrected chi connectivity index (χ1v) is 27.6. The van der Waals surface area contributed by atoms with Gasteiger partial charge in [-0.1, -0.05) is 91.0 Å². The van der Waals surface area contributed by atoms with Gasteiger partial charge in [-0.25, -0.2) is 4.85 Å². The molecule has 84 heavy (non-hydrogen) atoms. The third-order valence-corrected chi connectivity index (χ3v) is 17.6. The molecule has 0 saturated carbocycles. The molecule has 0 amide bonds. The number of aromatic nitrogens is 7. The minimum absolute atomic E-state index is 0.528. The maximum atomic E-state index is 10.1. The number of pyridine rings is 3. The Morgan fingerprint density at radius 3 is 1.29 bits per heavy atom. The van der Waals surface area contributed by atoms with Gasteiger partial charge in [0, 0.05) is 89.7 Å². The van der Waals surface area contributed by atoms with Crippen molar-refractivity contribution in [3.63, 3.8) is 0 Å².